The first-order valence-corrected chi connectivity index (χ1v) is 3.59. The summed E-state index contributed by atoms with van der Waals surface area (Å²) in [4.78, 5) is 0. The molecule has 0 radical (unpaired) electrons. The maximum Gasteiger partial charge on any atom is 0.172 e. The molecular formula is C6H6O2S. The van der Waals surface area contributed by atoms with Gasteiger partial charge in [0.1, 0.15) is 13.2 Å². The van der Waals surface area contributed by atoms with E-state index >= 15 is 0 Å². The van der Waals surface area contributed by atoms with E-state index in [0.717, 1.165) is 5.75 Å². The molecule has 0 aliphatic carbocycles. The largest absolute Gasteiger partial charge is 0.485 e. The van der Waals surface area contributed by atoms with Gasteiger partial charge in [-0.1, -0.05) is 0 Å². The van der Waals surface area contributed by atoms with Crippen molar-refractivity contribution in [3.05, 3.63) is 10.7 Å². The van der Waals surface area contributed by atoms with Gasteiger partial charge in [-0.25, -0.2) is 0 Å². The van der Waals surface area contributed by atoms with E-state index in [-0.39, 0.29) is 0 Å². The van der Waals surface area contributed by atoms with Gasteiger partial charge in [0.05, 0.1) is 1.37 Å². The second-order valence-corrected chi connectivity index (χ2v) is 2.40. The lowest BCUT2D eigenvalue weighted by Crippen LogP contribution is -2.13. The average Bonchev–Trinajstić information content (AvgIpc) is 2.34. The molecule has 0 amide bonds. The Bertz CT molecular complexity index is 246. The fourth-order valence-corrected chi connectivity index (χ4v) is 1.34. The minimum absolute atomic E-state index is 0.453. The highest BCUT2D eigenvalue weighted by Gasteiger charge is 2.10. The number of thiophene rings is 1. The number of hydrogen-bond acceptors (Lipinski definition) is 3. The van der Waals surface area contributed by atoms with Crippen molar-refractivity contribution in [3.8, 4) is 11.5 Å². The zero-order valence-corrected chi connectivity index (χ0v) is 5.53. The molecule has 1 aromatic rings. The zero-order chi connectivity index (χ0) is 6.97. The number of rotatable bonds is 0. The maximum absolute atomic E-state index is 7.34. The van der Waals surface area contributed by atoms with Crippen LogP contribution in [0.2, 0.25) is 0 Å². The smallest absolute Gasteiger partial charge is 0.172 e. The quantitative estimate of drug-likeness (QED) is 0.548. The Morgan fingerprint density at radius 2 is 2.22 bits per heavy atom. The molecule has 0 aromatic carbocycles. The van der Waals surface area contributed by atoms with Gasteiger partial charge in [-0.2, -0.15) is 0 Å². The van der Waals surface area contributed by atoms with Gasteiger partial charge in [0.2, 0.25) is 0 Å². The number of hydrogen-bond donors (Lipinski definition) is 0. The molecule has 2 heterocycles. The molecular weight excluding hydrogens is 136 g/mol. The SMILES string of the molecule is [2H]c1scc2c1OCCO2. The molecule has 2 nitrogen and oxygen atoms in total. The summed E-state index contributed by atoms with van der Waals surface area (Å²) in [6.45, 7) is 1.17. The van der Waals surface area contributed by atoms with Crippen molar-refractivity contribution in [2.75, 3.05) is 13.2 Å². The first-order chi connectivity index (χ1) is 4.88. The predicted octanol–water partition coefficient (Wildman–Crippen LogP) is 1.52. The summed E-state index contributed by atoms with van der Waals surface area (Å²) in [6.07, 6.45) is 0. The highest BCUT2D eigenvalue weighted by molar-refractivity contribution is 7.08. The standard InChI is InChI=1S/C6H6O2S/c1-2-8-6-4-9-3-5(6)7-1/h3-4H,1-2H2/i3D. The van der Waals surface area contributed by atoms with Crippen molar-refractivity contribution in [1.29, 1.82) is 0 Å². The number of ether oxygens (including phenoxy) is 2. The van der Waals surface area contributed by atoms with Crippen LogP contribution in [0.1, 0.15) is 1.37 Å². The monoisotopic (exact) mass is 143 g/mol. The molecule has 3 heteroatoms. The molecule has 0 spiro atoms. The third-order valence-corrected chi connectivity index (χ3v) is 1.76. The van der Waals surface area contributed by atoms with E-state index in [0.29, 0.717) is 24.3 Å². The van der Waals surface area contributed by atoms with Gasteiger partial charge in [-0.3, -0.25) is 0 Å². The molecule has 1 aliphatic heterocycles. The molecule has 0 saturated carbocycles. The maximum atomic E-state index is 7.34. The highest BCUT2D eigenvalue weighted by atomic mass is 32.1. The molecule has 1 aliphatic rings. The molecule has 0 unspecified atom stereocenters. The van der Waals surface area contributed by atoms with E-state index in [1.807, 2.05) is 0 Å². The van der Waals surface area contributed by atoms with E-state index in [2.05, 4.69) is 0 Å². The predicted molar refractivity (Wildman–Crippen MR) is 35.3 cm³/mol. The Balaban J connectivity index is 2.45. The fourth-order valence-electron chi connectivity index (χ4n) is 0.736. The molecule has 0 bridgehead atoms. The fraction of sp³-hybridized carbons (Fsp3) is 0.333. The van der Waals surface area contributed by atoms with Crippen LogP contribution >= 0.6 is 11.3 Å². The second-order valence-electron chi connectivity index (χ2n) is 1.73. The third kappa shape index (κ3) is 0.772. The lowest BCUT2D eigenvalue weighted by atomic mass is 10.5. The van der Waals surface area contributed by atoms with E-state index in [1.54, 1.807) is 5.38 Å². The normalized spacial score (nSPS) is 17.1. The van der Waals surface area contributed by atoms with E-state index in [4.69, 9.17) is 10.8 Å². The Morgan fingerprint density at radius 3 is 3.00 bits per heavy atom. The molecule has 48 valence electrons. The Hall–Kier alpha value is -0.700. The molecule has 0 fully saturated rings. The summed E-state index contributed by atoms with van der Waals surface area (Å²) in [7, 11) is 0. The first-order valence-electron chi connectivity index (χ1n) is 3.21. The van der Waals surface area contributed by atoms with Crippen molar-refractivity contribution in [3.63, 3.8) is 0 Å². The third-order valence-electron chi connectivity index (χ3n) is 1.13. The van der Waals surface area contributed by atoms with Crippen LogP contribution in [0.25, 0.3) is 0 Å². The number of fused-ring (bicyclic) bond motifs is 1. The van der Waals surface area contributed by atoms with Crippen LogP contribution in [0.4, 0.5) is 0 Å². The molecule has 0 atom stereocenters. The van der Waals surface area contributed by atoms with Gasteiger partial charge in [0.25, 0.3) is 0 Å². The van der Waals surface area contributed by atoms with Gasteiger partial charge in [0.15, 0.2) is 11.5 Å². The molecule has 0 saturated heterocycles. The summed E-state index contributed by atoms with van der Waals surface area (Å²) >= 11 is 1.34. The Labute approximate surface area is 58.4 Å². The lowest BCUT2D eigenvalue weighted by Gasteiger charge is -2.13. The Kier molecular flexibility index (Phi) is 0.887. The van der Waals surface area contributed by atoms with Crippen molar-refractivity contribution >= 4 is 11.3 Å². The Morgan fingerprint density at radius 1 is 1.44 bits per heavy atom. The van der Waals surface area contributed by atoms with Gasteiger partial charge in [-0.15, -0.1) is 11.3 Å². The summed E-state index contributed by atoms with van der Waals surface area (Å²) in [6, 6.07) is 0. The highest BCUT2D eigenvalue weighted by Crippen LogP contribution is 2.33. The molecule has 1 aromatic heterocycles. The van der Waals surface area contributed by atoms with Crippen LogP contribution in [-0.2, 0) is 0 Å². The van der Waals surface area contributed by atoms with Crippen LogP contribution in [0.5, 0.6) is 11.5 Å². The summed E-state index contributed by atoms with van der Waals surface area (Å²) in [5.41, 5.74) is 0. The zero-order valence-electron chi connectivity index (χ0n) is 5.72. The molecule has 2 rings (SSSR count). The van der Waals surface area contributed by atoms with Gasteiger partial charge in [-0.05, 0) is 0 Å². The summed E-state index contributed by atoms with van der Waals surface area (Å²) < 4.78 is 17.7. The van der Waals surface area contributed by atoms with Gasteiger partial charge >= 0.3 is 0 Å². The van der Waals surface area contributed by atoms with Gasteiger partial charge < -0.3 is 9.47 Å². The minimum Gasteiger partial charge on any atom is -0.485 e. The van der Waals surface area contributed by atoms with E-state index in [9.17, 15) is 0 Å². The second kappa shape index (κ2) is 1.92. The van der Waals surface area contributed by atoms with Crippen molar-refractivity contribution < 1.29 is 10.8 Å². The summed E-state index contributed by atoms with van der Waals surface area (Å²) in [5.74, 6) is 1.33. The van der Waals surface area contributed by atoms with Crippen molar-refractivity contribution in [2.45, 2.75) is 0 Å². The average molecular weight is 143 g/mol. The van der Waals surface area contributed by atoms with Crippen LogP contribution < -0.4 is 9.47 Å². The molecule has 9 heavy (non-hydrogen) atoms. The molecule has 0 N–H and O–H groups in total. The van der Waals surface area contributed by atoms with Crippen LogP contribution in [0.15, 0.2) is 10.7 Å². The van der Waals surface area contributed by atoms with E-state index in [1.165, 1.54) is 11.3 Å². The van der Waals surface area contributed by atoms with Crippen molar-refractivity contribution in [1.82, 2.24) is 0 Å². The van der Waals surface area contributed by atoms with Gasteiger partial charge in [0, 0.05) is 10.7 Å². The lowest BCUT2D eigenvalue weighted by molar-refractivity contribution is 0.173. The summed E-state index contributed by atoms with van der Waals surface area (Å²) in [5, 5.41) is 2.26. The van der Waals surface area contributed by atoms with Crippen LogP contribution in [-0.4, -0.2) is 13.2 Å². The first kappa shape index (κ1) is 4.17. The minimum atomic E-state index is 0.453. The van der Waals surface area contributed by atoms with E-state index < -0.39 is 0 Å². The van der Waals surface area contributed by atoms with Crippen LogP contribution in [0, 0.1) is 0 Å². The van der Waals surface area contributed by atoms with Crippen molar-refractivity contribution in [2.24, 2.45) is 0 Å². The van der Waals surface area contributed by atoms with Crippen LogP contribution in [0.3, 0.4) is 0 Å². The topological polar surface area (TPSA) is 18.5 Å².